The van der Waals surface area contributed by atoms with E-state index in [0.29, 0.717) is 11.1 Å². The lowest BCUT2D eigenvalue weighted by Crippen LogP contribution is -2.09. The molecule has 70 valence electrons. The van der Waals surface area contributed by atoms with Crippen molar-refractivity contribution < 1.29 is 5.11 Å². The minimum Gasteiger partial charge on any atom is -0.384 e. The molecule has 0 spiro atoms. The largest absolute Gasteiger partial charge is 0.384 e. The van der Waals surface area contributed by atoms with E-state index in [1.165, 1.54) is 10.8 Å². The molecular weight excluding hydrogens is 182 g/mol. The van der Waals surface area contributed by atoms with Crippen molar-refractivity contribution in [3.63, 3.8) is 0 Å². The molecule has 2 aromatic heterocycles. The van der Waals surface area contributed by atoms with Crippen LogP contribution >= 0.6 is 0 Å². The zero-order valence-electron chi connectivity index (χ0n) is 7.19. The highest BCUT2D eigenvalue weighted by atomic mass is 16.2. The van der Waals surface area contributed by atoms with E-state index in [-0.39, 0.29) is 12.2 Å². The molecule has 0 unspecified atom stereocenters. The van der Waals surface area contributed by atoms with Crippen LogP contribution < -0.4 is 5.56 Å². The van der Waals surface area contributed by atoms with Gasteiger partial charge in [-0.15, -0.1) is 0 Å². The second-order valence-corrected chi connectivity index (χ2v) is 2.64. The number of hydrogen-bond donors (Lipinski definition) is 2. The molecule has 2 heterocycles. The van der Waals surface area contributed by atoms with Crippen LogP contribution in [0.15, 0.2) is 23.4 Å². The predicted molar refractivity (Wildman–Crippen MR) is 49.8 cm³/mol. The lowest BCUT2D eigenvalue weighted by Gasteiger charge is -1.87. The number of H-pyrrole nitrogens is 1. The second-order valence-electron chi connectivity index (χ2n) is 2.64. The fourth-order valence-corrected chi connectivity index (χ4v) is 1.15. The smallest absolute Gasteiger partial charge is 0.275 e. The summed E-state index contributed by atoms with van der Waals surface area (Å²) in [6.07, 6.45) is 2.95. The van der Waals surface area contributed by atoms with Crippen molar-refractivity contribution >= 4 is 5.52 Å². The molecule has 5 heteroatoms. The number of aliphatic hydroxyl groups is 1. The molecule has 5 nitrogen and oxygen atoms in total. The Labute approximate surface area is 79.0 Å². The molecule has 0 saturated heterocycles. The molecule has 2 aromatic rings. The summed E-state index contributed by atoms with van der Waals surface area (Å²) in [6.45, 7) is -0.198. The van der Waals surface area contributed by atoms with E-state index in [0.717, 1.165) is 0 Å². The molecule has 0 atom stereocenters. The summed E-state index contributed by atoms with van der Waals surface area (Å²) in [7, 11) is 0. The molecule has 0 aromatic carbocycles. The average molecular weight is 189 g/mol. The van der Waals surface area contributed by atoms with Crippen molar-refractivity contribution in [2.75, 3.05) is 6.61 Å². The first-order chi connectivity index (χ1) is 6.81. The third-order valence-corrected chi connectivity index (χ3v) is 1.72. The summed E-state index contributed by atoms with van der Waals surface area (Å²) < 4.78 is 1.44. The van der Waals surface area contributed by atoms with E-state index < -0.39 is 0 Å². The summed E-state index contributed by atoms with van der Waals surface area (Å²) in [6, 6.07) is 1.62. The zero-order valence-corrected chi connectivity index (χ0v) is 7.19. The van der Waals surface area contributed by atoms with E-state index in [2.05, 4.69) is 21.9 Å². The van der Waals surface area contributed by atoms with Gasteiger partial charge in [-0.3, -0.25) is 4.79 Å². The van der Waals surface area contributed by atoms with Crippen molar-refractivity contribution in [1.29, 1.82) is 0 Å². The molecule has 0 fully saturated rings. The maximum absolute atomic E-state index is 11.3. The summed E-state index contributed by atoms with van der Waals surface area (Å²) in [5, 5.41) is 12.4. The number of aromatic nitrogens is 3. The molecule has 0 aliphatic heterocycles. The molecule has 0 amide bonds. The first-order valence-corrected chi connectivity index (χ1v) is 3.97. The molecule has 2 rings (SSSR count). The van der Waals surface area contributed by atoms with Crippen LogP contribution in [0.3, 0.4) is 0 Å². The fraction of sp³-hybridized carbons (Fsp3) is 0.111. The van der Waals surface area contributed by atoms with Gasteiger partial charge in [0.2, 0.25) is 0 Å². The Morgan fingerprint density at radius 2 is 2.50 bits per heavy atom. The fourth-order valence-electron chi connectivity index (χ4n) is 1.15. The minimum atomic E-state index is -0.211. The van der Waals surface area contributed by atoms with Gasteiger partial charge in [0.15, 0.2) is 0 Å². The Balaban J connectivity index is 2.63. The van der Waals surface area contributed by atoms with Gasteiger partial charge in [-0.1, -0.05) is 11.8 Å². The number of hydrogen-bond acceptors (Lipinski definition) is 3. The molecule has 14 heavy (non-hydrogen) atoms. The monoisotopic (exact) mass is 189 g/mol. The Morgan fingerprint density at radius 3 is 3.21 bits per heavy atom. The third kappa shape index (κ3) is 1.39. The SMILES string of the molecule is O=c1[nH]cnn2cc(C#CCO)cc12. The van der Waals surface area contributed by atoms with Crippen molar-refractivity contribution in [3.05, 3.63) is 34.5 Å². The van der Waals surface area contributed by atoms with Gasteiger partial charge in [0, 0.05) is 11.8 Å². The van der Waals surface area contributed by atoms with Crippen LogP contribution in [0.4, 0.5) is 0 Å². The van der Waals surface area contributed by atoms with Gasteiger partial charge in [-0.05, 0) is 6.07 Å². The van der Waals surface area contributed by atoms with Crippen molar-refractivity contribution in [2.45, 2.75) is 0 Å². The summed E-state index contributed by atoms with van der Waals surface area (Å²) in [5.41, 5.74) is 0.884. The first-order valence-electron chi connectivity index (χ1n) is 3.97. The lowest BCUT2D eigenvalue weighted by molar-refractivity contribution is 0.350. The zero-order chi connectivity index (χ0) is 9.97. The van der Waals surface area contributed by atoms with Crippen LogP contribution in [-0.4, -0.2) is 26.3 Å². The highest BCUT2D eigenvalue weighted by molar-refractivity contribution is 5.51. The summed E-state index contributed by atoms with van der Waals surface area (Å²) in [4.78, 5) is 13.7. The molecule has 0 bridgehead atoms. The highest BCUT2D eigenvalue weighted by Crippen LogP contribution is 2.01. The lowest BCUT2D eigenvalue weighted by atomic mass is 10.3. The van der Waals surface area contributed by atoms with Crippen LogP contribution in [0.5, 0.6) is 0 Å². The number of aromatic amines is 1. The van der Waals surface area contributed by atoms with Crippen LogP contribution in [0.2, 0.25) is 0 Å². The van der Waals surface area contributed by atoms with Crippen molar-refractivity contribution in [2.24, 2.45) is 0 Å². The normalized spacial score (nSPS) is 9.79. The predicted octanol–water partition coefficient (Wildman–Crippen LogP) is -0.634. The van der Waals surface area contributed by atoms with Crippen LogP contribution in [0.1, 0.15) is 5.56 Å². The maximum atomic E-state index is 11.3. The van der Waals surface area contributed by atoms with E-state index >= 15 is 0 Å². The molecule has 2 N–H and O–H groups in total. The van der Waals surface area contributed by atoms with E-state index in [9.17, 15) is 4.79 Å². The van der Waals surface area contributed by atoms with Crippen LogP contribution in [0, 0.1) is 11.8 Å². The topological polar surface area (TPSA) is 70.4 Å². The number of rotatable bonds is 0. The number of fused-ring (bicyclic) bond motifs is 1. The van der Waals surface area contributed by atoms with Gasteiger partial charge in [0.25, 0.3) is 5.56 Å². The van der Waals surface area contributed by atoms with Crippen LogP contribution in [0.25, 0.3) is 5.52 Å². The molecular formula is C9H7N3O2. The molecule has 0 radical (unpaired) electrons. The van der Waals surface area contributed by atoms with E-state index in [4.69, 9.17) is 5.11 Å². The number of nitrogens with one attached hydrogen (secondary N) is 1. The van der Waals surface area contributed by atoms with Gasteiger partial charge in [0.1, 0.15) is 18.5 Å². The van der Waals surface area contributed by atoms with Gasteiger partial charge in [-0.25, -0.2) is 4.52 Å². The standard InChI is InChI=1S/C9H7N3O2/c13-3-1-2-7-4-8-9(14)10-6-11-12(8)5-7/h4-6,13H,3H2,(H,10,11,14). The average Bonchev–Trinajstić information content (AvgIpc) is 2.59. The second kappa shape index (κ2) is 3.36. The van der Waals surface area contributed by atoms with E-state index in [1.54, 1.807) is 12.3 Å². The van der Waals surface area contributed by atoms with Gasteiger partial charge >= 0.3 is 0 Å². The quantitative estimate of drug-likeness (QED) is 0.542. The molecule has 0 aliphatic rings. The number of nitrogens with zero attached hydrogens (tertiary/aromatic N) is 2. The summed E-state index contributed by atoms with van der Waals surface area (Å²) >= 11 is 0. The Hall–Kier alpha value is -2.06. The van der Waals surface area contributed by atoms with E-state index in [1.807, 2.05) is 0 Å². The minimum absolute atomic E-state index is 0.198. The van der Waals surface area contributed by atoms with Crippen molar-refractivity contribution in [3.8, 4) is 11.8 Å². The van der Waals surface area contributed by atoms with Crippen LogP contribution in [-0.2, 0) is 0 Å². The van der Waals surface area contributed by atoms with Gasteiger partial charge < -0.3 is 10.1 Å². The Kier molecular flexibility index (Phi) is 2.05. The molecule has 0 aliphatic carbocycles. The Morgan fingerprint density at radius 1 is 1.64 bits per heavy atom. The summed E-state index contributed by atoms with van der Waals surface area (Å²) in [5.74, 6) is 5.19. The van der Waals surface area contributed by atoms with Gasteiger partial charge in [-0.2, -0.15) is 5.10 Å². The maximum Gasteiger partial charge on any atom is 0.275 e. The molecule has 0 saturated carbocycles. The van der Waals surface area contributed by atoms with Gasteiger partial charge in [0.05, 0.1) is 0 Å². The first kappa shape index (κ1) is 8.53. The highest BCUT2D eigenvalue weighted by Gasteiger charge is 2.00. The van der Waals surface area contributed by atoms with Crippen molar-refractivity contribution in [1.82, 2.24) is 14.6 Å². The number of aliphatic hydroxyl groups excluding tert-OH is 1. The Bertz CT molecular complexity index is 571. The third-order valence-electron chi connectivity index (χ3n) is 1.72.